The highest BCUT2D eigenvalue weighted by Gasteiger charge is 2.15. The molecule has 0 spiro atoms. The first kappa shape index (κ1) is 18.4. The van der Waals surface area contributed by atoms with Crippen LogP contribution in [0.4, 0.5) is 10.1 Å². The molecule has 0 atom stereocenters. The molecule has 2 aromatic carbocycles. The number of nitrogens with one attached hydrogen (secondary N) is 1. The average molecular weight is 345 g/mol. The number of carbonyl (C=O) groups is 2. The molecule has 5 nitrogen and oxygen atoms in total. The highest BCUT2D eigenvalue weighted by atomic mass is 19.1. The largest absolute Gasteiger partial charge is 0.493 e. The van der Waals surface area contributed by atoms with Crippen LogP contribution in [0.3, 0.4) is 0 Å². The van der Waals surface area contributed by atoms with E-state index in [2.05, 4.69) is 5.32 Å². The third-order valence-corrected chi connectivity index (χ3v) is 3.40. The van der Waals surface area contributed by atoms with Crippen molar-refractivity contribution in [2.24, 2.45) is 0 Å². The van der Waals surface area contributed by atoms with Crippen molar-refractivity contribution in [3.63, 3.8) is 0 Å². The van der Waals surface area contributed by atoms with Crippen LogP contribution in [0, 0.1) is 12.7 Å². The number of aryl methyl sites for hydroxylation is 1. The highest BCUT2D eigenvalue weighted by Crippen LogP contribution is 2.21. The number of carbonyl (C=O) groups excluding carboxylic acids is 2. The zero-order valence-electron chi connectivity index (χ0n) is 14.2. The number of para-hydroxylation sites is 1. The van der Waals surface area contributed by atoms with Gasteiger partial charge in [0.15, 0.2) is 0 Å². The number of esters is 1. The fraction of sp³-hybridized carbons (Fsp3) is 0.263. The van der Waals surface area contributed by atoms with E-state index in [1.54, 1.807) is 25.1 Å². The minimum Gasteiger partial charge on any atom is -0.493 e. The topological polar surface area (TPSA) is 64.6 Å². The summed E-state index contributed by atoms with van der Waals surface area (Å²) in [5, 5.41) is 2.66. The van der Waals surface area contributed by atoms with Gasteiger partial charge in [-0.25, -0.2) is 9.18 Å². The van der Waals surface area contributed by atoms with Crippen molar-refractivity contribution in [3.05, 3.63) is 59.4 Å². The van der Waals surface area contributed by atoms with Crippen molar-refractivity contribution in [2.75, 3.05) is 18.5 Å². The smallest absolute Gasteiger partial charge is 0.340 e. The summed E-state index contributed by atoms with van der Waals surface area (Å²) in [6.07, 6.45) is 0.490. The molecule has 0 saturated heterocycles. The Morgan fingerprint density at radius 1 is 1.08 bits per heavy atom. The first-order chi connectivity index (χ1) is 12.0. The number of hydrogen-bond donors (Lipinski definition) is 1. The van der Waals surface area contributed by atoms with Crippen molar-refractivity contribution in [3.8, 4) is 5.75 Å². The second-order valence-electron chi connectivity index (χ2n) is 5.47. The van der Waals surface area contributed by atoms with E-state index in [1.165, 1.54) is 31.2 Å². The van der Waals surface area contributed by atoms with Crippen LogP contribution in [0.15, 0.2) is 42.5 Å². The standard InChI is InChI=1S/C19H20FNO4/c1-13-5-3-6-17(18(13)21-14(2)22)19(23)25-12-4-11-24-16-9-7-15(20)8-10-16/h3,5-10H,4,11-12H2,1-2H3,(H,21,22). The van der Waals surface area contributed by atoms with Crippen LogP contribution in [-0.2, 0) is 9.53 Å². The third-order valence-electron chi connectivity index (χ3n) is 3.40. The van der Waals surface area contributed by atoms with Crippen LogP contribution in [0.25, 0.3) is 0 Å². The molecule has 0 radical (unpaired) electrons. The number of hydrogen-bond acceptors (Lipinski definition) is 4. The van der Waals surface area contributed by atoms with Crippen molar-refractivity contribution >= 4 is 17.6 Å². The molecular weight excluding hydrogens is 325 g/mol. The Balaban J connectivity index is 1.83. The second kappa shape index (κ2) is 8.82. The van der Waals surface area contributed by atoms with E-state index in [4.69, 9.17) is 9.47 Å². The Kier molecular flexibility index (Phi) is 6.51. The summed E-state index contributed by atoms with van der Waals surface area (Å²) >= 11 is 0. The van der Waals surface area contributed by atoms with Gasteiger partial charge in [0.1, 0.15) is 11.6 Å². The van der Waals surface area contributed by atoms with E-state index in [9.17, 15) is 14.0 Å². The molecule has 132 valence electrons. The fourth-order valence-corrected chi connectivity index (χ4v) is 2.20. The zero-order valence-corrected chi connectivity index (χ0v) is 14.2. The van der Waals surface area contributed by atoms with Gasteiger partial charge in [0.05, 0.1) is 24.5 Å². The Labute approximate surface area is 145 Å². The molecule has 0 bridgehead atoms. The van der Waals surface area contributed by atoms with E-state index in [-0.39, 0.29) is 18.3 Å². The van der Waals surface area contributed by atoms with Crippen molar-refractivity contribution < 1.29 is 23.5 Å². The Hall–Kier alpha value is -2.89. The third kappa shape index (κ3) is 5.60. The van der Waals surface area contributed by atoms with Gasteiger partial charge in [0.25, 0.3) is 0 Å². The highest BCUT2D eigenvalue weighted by molar-refractivity contribution is 6.01. The van der Waals surface area contributed by atoms with E-state index in [0.29, 0.717) is 30.0 Å². The van der Waals surface area contributed by atoms with Crippen LogP contribution < -0.4 is 10.1 Å². The first-order valence-electron chi connectivity index (χ1n) is 7.90. The number of amides is 1. The molecule has 6 heteroatoms. The number of rotatable bonds is 7. The lowest BCUT2D eigenvalue weighted by atomic mass is 10.1. The summed E-state index contributed by atoms with van der Waals surface area (Å²) in [6, 6.07) is 10.8. The minimum atomic E-state index is -0.505. The van der Waals surface area contributed by atoms with Gasteiger partial charge in [-0.3, -0.25) is 4.79 Å². The van der Waals surface area contributed by atoms with Crippen LogP contribution in [0.2, 0.25) is 0 Å². The molecule has 0 aromatic heterocycles. The van der Waals surface area contributed by atoms with Crippen molar-refractivity contribution in [2.45, 2.75) is 20.3 Å². The van der Waals surface area contributed by atoms with E-state index >= 15 is 0 Å². The summed E-state index contributed by atoms with van der Waals surface area (Å²) in [5.74, 6) is -0.529. The Morgan fingerprint density at radius 2 is 1.80 bits per heavy atom. The maximum Gasteiger partial charge on any atom is 0.340 e. The minimum absolute atomic E-state index is 0.174. The van der Waals surface area contributed by atoms with Crippen LogP contribution in [-0.4, -0.2) is 25.1 Å². The number of halogens is 1. The lowest BCUT2D eigenvalue weighted by Gasteiger charge is -2.12. The molecule has 0 aliphatic rings. The van der Waals surface area contributed by atoms with Gasteiger partial charge in [0, 0.05) is 13.3 Å². The molecule has 1 N–H and O–H groups in total. The summed E-state index contributed by atoms with van der Waals surface area (Å²) in [6.45, 7) is 3.70. The maximum atomic E-state index is 12.8. The fourth-order valence-electron chi connectivity index (χ4n) is 2.20. The lowest BCUT2D eigenvalue weighted by Crippen LogP contribution is -2.15. The van der Waals surface area contributed by atoms with Crippen molar-refractivity contribution in [1.82, 2.24) is 0 Å². The monoisotopic (exact) mass is 345 g/mol. The lowest BCUT2D eigenvalue weighted by molar-refractivity contribution is -0.114. The number of anilines is 1. The first-order valence-corrected chi connectivity index (χ1v) is 7.90. The summed E-state index contributed by atoms with van der Waals surface area (Å²) < 4.78 is 23.4. The molecule has 1 amide bonds. The summed E-state index contributed by atoms with van der Waals surface area (Å²) in [5.41, 5.74) is 1.56. The molecule has 2 aromatic rings. The predicted octanol–water partition coefficient (Wildman–Crippen LogP) is 3.72. The molecule has 2 rings (SSSR count). The number of benzene rings is 2. The van der Waals surface area contributed by atoms with Gasteiger partial charge in [-0.2, -0.15) is 0 Å². The second-order valence-corrected chi connectivity index (χ2v) is 5.47. The van der Waals surface area contributed by atoms with E-state index in [0.717, 1.165) is 5.56 Å². The van der Waals surface area contributed by atoms with Crippen LogP contribution in [0.1, 0.15) is 29.3 Å². The molecule has 0 fully saturated rings. The Bertz CT molecular complexity index is 744. The maximum absolute atomic E-state index is 12.8. The van der Waals surface area contributed by atoms with Crippen molar-refractivity contribution in [1.29, 1.82) is 0 Å². The van der Waals surface area contributed by atoms with E-state index < -0.39 is 5.97 Å². The molecule has 0 saturated carbocycles. The molecule has 0 aliphatic heterocycles. The van der Waals surface area contributed by atoms with E-state index in [1.807, 2.05) is 0 Å². The molecule has 0 unspecified atom stereocenters. The summed E-state index contributed by atoms with van der Waals surface area (Å²) in [7, 11) is 0. The van der Waals surface area contributed by atoms with Gasteiger partial charge in [0.2, 0.25) is 5.91 Å². The summed E-state index contributed by atoms with van der Waals surface area (Å²) in [4.78, 5) is 23.5. The van der Waals surface area contributed by atoms with Gasteiger partial charge in [-0.05, 0) is 42.8 Å². The number of ether oxygens (including phenoxy) is 2. The zero-order chi connectivity index (χ0) is 18.2. The van der Waals surface area contributed by atoms with Gasteiger partial charge >= 0.3 is 5.97 Å². The average Bonchev–Trinajstić information content (AvgIpc) is 2.57. The van der Waals surface area contributed by atoms with Crippen LogP contribution >= 0.6 is 0 Å². The Morgan fingerprint density at radius 3 is 2.48 bits per heavy atom. The normalized spacial score (nSPS) is 10.2. The molecule has 25 heavy (non-hydrogen) atoms. The quantitative estimate of drug-likeness (QED) is 0.614. The molecule has 0 heterocycles. The van der Waals surface area contributed by atoms with Gasteiger partial charge in [-0.15, -0.1) is 0 Å². The predicted molar refractivity (Wildman–Crippen MR) is 92.3 cm³/mol. The van der Waals surface area contributed by atoms with Crippen LogP contribution in [0.5, 0.6) is 5.75 Å². The van der Waals surface area contributed by atoms with Gasteiger partial charge < -0.3 is 14.8 Å². The molecular formula is C19H20FNO4. The SMILES string of the molecule is CC(=O)Nc1c(C)cccc1C(=O)OCCCOc1ccc(F)cc1. The molecule has 0 aliphatic carbocycles. The van der Waals surface area contributed by atoms with Gasteiger partial charge in [-0.1, -0.05) is 12.1 Å².